The highest BCUT2D eigenvalue weighted by molar-refractivity contribution is 6.04. The van der Waals surface area contributed by atoms with Crippen LogP contribution in [0.5, 0.6) is 5.75 Å². The van der Waals surface area contributed by atoms with Crippen molar-refractivity contribution in [3.05, 3.63) is 71.9 Å². The third kappa shape index (κ3) is 4.95. The summed E-state index contributed by atoms with van der Waals surface area (Å²) in [4.78, 5) is 14.0. The molecule has 0 spiro atoms. The van der Waals surface area contributed by atoms with Crippen molar-refractivity contribution >= 4 is 17.4 Å². The van der Waals surface area contributed by atoms with Gasteiger partial charge in [-0.2, -0.15) is 18.3 Å². The Labute approximate surface area is 189 Å². The lowest BCUT2D eigenvalue weighted by Crippen LogP contribution is -2.35. The number of carbonyl (C=O) groups excluding carboxylic acids is 1. The molecule has 0 bridgehead atoms. The second-order valence-corrected chi connectivity index (χ2v) is 7.67. The fourth-order valence-electron chi connectivity index (χ4n) is 3.74. The van der Waals surface area contributed by atoms with Crippen LogP contribution in [0.2, 0.25) is 0 Å². The number of carbonyl (C=O) groups is 1. The van der Waals surface area contributed by atoms with Crippen LogP contribution in [0.1, 0.15) is 34.6 Å². The fraction of sp³-hybridized carbons (Fsp3) is 0.273. The van der Waals surface area contributed by atoms with Gasteiger partial charge in [-0.25, -0.2) is 4.68 Å². The van der Waals surface area contributed by atoms with Crippen LogP contribution in [0.3, 0.4) is 0 Å². The fourth-order valence-corrected chi connectivity index (χ4v) is 3.74. The Morgan fingerprint density at radius 3 is 2.29 bits per heavy atom. The van der Waals surface area contributed by atoms with Gasteiger partial charge in [0.05, 0.1) is 6.04 Å². The first-order chi connectivity index (χ1) is 15.9. The van der Waals surface area contributed by atoms with Crippen LogP contribution < -0.4 is 15.0 Å². The van der Waals surface area contributed by atoms with E-state index in [2.05, 4.69) is 15.2 Å². The Morgan fingerprint density at radius 2 is 1.71 bits per heavy atom. The number of nitrogens with one attached hydrogen (secondary N) is 1. The molecule has 1 amide bonds. The minimum absolute atomic E-state index is 0.0353. The van der Waals surface area contributed by atoms with Crippen molar-refractivity contribution in [2.75, 3.05) is 17.3 Å². The molecule has 6 nitrogen and oxygen atoms in total. The van der Waals surface area contributed by atoms with Crippen molar-refractivity contribution < 1.29 is 35.9 Å². The Balaban J connectivity index is 1.59. The second-order valence-electron chi connectivity index (χ2n) is 7.67. The maximum absolute atomic E-state index is 13.8. The summed E-state index contributed by atoms with van der Waals surface area (Å²) in [5, 5.41) is 6.91. The summed E-state index contributed by atoms with van der Waals surface area (Å²) in [6.07, 6.45) is -9.78. The van der Waals surface area contributed by atoms with Gasteiger partial charge in [0.2, 0.25) is 0 Å². The number of benzene rings is 2. The topological polar surface area (TPSA) is 59.4 Å². The normalized spacial score (nSPS) is 18.1. The molecule has 180 valence electrons. The average Bonchev–Trinajstić information content (AvgIpc) is 3.21. The smallest absolute Gasteiger partial charge is 0.406 e. The number of anilines is 2. The first-order valence-electron chi connectivity index (χ1n) is 10.0. The van der Waals surface area contributed by atoms with Crippen molar-refractivity contribution in [2.24, 2.45) is 0 Å². The SMILES string of the molecule is CN(C(=O)c1cc2n(n1)[C@H](C(F)(F)F)C[C@H](c1ccccc1)N2)c1ccc(OC(F)(F)F)cc1. The average molecular weight is 484 g/mol. The first-order valence-corrected chi connectivity index (χ1v) is 10.0. The number of halogens is 6. The number of hydrogen-bond donors (Lipinski definition) is 1. The van der Waals surface area contributed by atoms with Gasteiger partial charge in [-0.05, 0) is 29.8 Å². The van der Waals surface area contributed by atoms with E-state index in [0.29, 0.717) is 5.56 Å². The Hall–Kier alpha value is -3.70. The molecule has 4 rings (SSSR count). The number of hydrogen-bond acceptors (Lipinski definition) is 4. The van der Waals surface area contributed by atoms with Crippen LogP contribution in [0.15, 0.2) is 60.7 Å². The Bertz CT molecular complexity index is 1160. The summed E-state index contributed by atoms with van der Waals surface area (Å²) in [6, 6.07) is 11.8. The number of fused-ring (bicyclic) bond motifs is 1. The van der Waals surface area contributed by atoms with E-state index in [0.717, 1.165) is 21.7 Å². The lowest BCUT2D eigenvalue weighted by molar-refractivity contribution is -0.274. The van der Waals surface area contributed by atoms with E-state index >= 15 is 0 Å². The highest BCUT2D eigenvalue weighted by atomic mass is 19.4. The number of alkyl halides is 6. The quantitative estimate of drug-likeness (QED) is 0.482. The van der Waals surface area contributed by atoms with Gasteiger partial charge in [-0.15, -0.1) is 13.2 Å². The molecule has 0 aliphatic carbocycles. The van der Waals surface area contributed by atoms with Gasteiger partial charge < -0.3 is 15.0 Å². The molecule has 0 fully saturated rings. The standard InChI is InChI=1S/C22H18F6N4O2/c1-31(14-7-9-15(10-8-14)34-22(26,27)28)20(33)17-12-19-29-16(13-5-3-2-4-6-13)11-18(21(23,24)25)32(19)30-17/h2-10,12,16,18,29H,11H2,1H3/t16-,18+/m1/s1. The molecule has 3 aromatic rings. The lowest BCUT2D eigenvalue weighted by Gasteiger charge is -2.33. The van der Waals surface area contributed by atoms with Gasteiger partial charge in [0, 0.05) is 25.2 Å². The second kappa shape index (κ2) is 8.58. The van der Waals surface area contributed by atoms with Gasteiger partial charge in [0.25, 0.3) is 5.91 Å². The molecule has 1 aliphatic heterocycles. The molecule has 2 heterocycles. The number of amides is 1. The van der Waals surface area contributed by atoms with E-state index in [4.69, 9.17) is 0 Å². The number of ether oxygens (including phenoxy) is 1. The van der Waals surface area contributed by atoms with Crippen LogP contribution in [-0.4, -0.2) is 35.3 Å². The monoisotopic (exact) mass is 484 g/mol. The highest BCUT2D eigenvalue weighted by Gasteiger charge is 2.47. The van der Waals surface area contributed by atoms with Crippen LogP contribution in [0.25, 0.3) is 0 Å². The summed E-state index contributed by atoms with van der Waals surface area (Å²) in [6.45, 7) is 0. The minimum atomic E-state index is -4.86. The molecule has 1 aliphatic rings. The molecule has 0 radical (unpaired) electrons. The van der Waals surface area contributed by atoms with Gasteiger partial charge in [0.15, 0.2) is 11.7 Å². The zero-order valence-corrected chi connectivity index (χ0v) is 17.6. The van der Waals surface area contributed by atoms with Crippen LogP contribution in [0, 0.1) is 0 Å². The van der Waals surface area contributed by atoms with Crippen LogP contribution in [-0.2, 0) is 0 Å². The zero-order chi connectivity index (χ0) is 24.7. The molecule has 2 aromatic carbocycles. The van der Waals surface area contributed by atoms with Crippen LogP contribution in [0.4, 0.5) is 37.8 Å². The molecule has 0 saturated carbocycles. The van der Waals surface area contributed by atoms with Gasteiger partial charge >= 0.3 is 12.5 Å². The van der Waals surface area contributed by atoms with Crippen molar-refractivity contribution in [3.8, 4) is 5.75 Å². The Morgan fingerprint density at radius 1 is 1.06 bits per heavy atom. The number of aromatic nitrogens is 2. The molecule has 12 heteroatoms. The van der Waals surface area contributed by atoms with Crippen molar-refractivity contribution in [3.63, 3.8) is 0 Å². The van der Waals surface area contributed by atoms with Crippen LogP contribution >= 0.6 is 0 Å². The third-order valence-corrected chi connectivity index (χ3v) is 5.37. The molecule has 0 saturated heterocycles. The predicted molar refractivity (Wildman–Crippen MR) is 111 cm³/mol. The van der Waals surface area contributed by atoms with Crippen molar-refractivity contribution in [1.82, 2.24) is 9.78 Å². The summed E-state index contributed by atoms with van der Waals surface area (Å²) >= 11 is 0. The third-order valence-electron chi connectivity index (χ3n) is 5.37. The number of nitrogens with zero attached hydrogens (tertiary/aromatic N) is 3. The van der Waals surface area contributed by atoms with E-state index in [1.54, 1.807) is 30.3 Å². The van der Waals surface area contributed by atoms with E-state index in [1.165, 1.54) is 25.2 Å². The van der Waals surface area contributed by atoms with Gasteiger partial charge in [-0.3, -0.25) is 4.79 Å². The van der Waals surface area contributed by atoms with Crippen molar-refractivity contribution in [1.29, 1.82) is 0 Å². The summed E-state index contributed by atoms with van der Waals surface area (Å²) in [7, 11) is 1.34. The molecular formula is C22H18F6N4O2. The number of rotatable bonds is 4. The van der Waals surface area contributed by atoms with Crippen molar-refractivity contribution in [2.45, 2.75) is 31.0 Å². The molecule has 1 N–H and O–H groups in total. The van der Waals surface area contributed by atoms with E-state index < -0.39 is 36.3 Å². The van der Waals surface area contributed by atoms with Gasteiger partial charge in [-0.1, -0.05) is 30.3 Å². The predicted octanol–water partition coefficient (Wildman–Crippen LogP) is 5.72. The minimum Gasteiger partial charge on any atom is -0.406 e. The van der Waals surface area contributed by atoms with E-state index in [1.807, 2.05) is 0 Å². The lowest BCUT2D eigenvalue weighted by atomic mass is 9.97. The van der Waals surface area contributed by atoms with E-state index in [9.17, 15) is 31.1 Å². The molecule has 2 atom stereocenters. The summed E-state index contributed by atoms with van der Waals surface area (Å²) in [5.41, 5.74) is 0.618. The zero-order valence-electron chi connectivity index (χ0n) is 17.6. The maximum Gasteiger partial charge on any atom is 0.573 e. The first kappa shape index (κ1) is 23.5. The molecule has 1 aromatic heterocycles. The molecule has 0 unspecified atom stereocenters. The molecular weight excluding hydrogens is 466 g/mol. The maximum atomic E-state index is 13.8. The molecule has 34 heavy (non-hydrogen) atoms. The summed E-state index contributed by atoms with van der Waals surface area (Å²) < 4.78 is 83.0. The summed E-state index contributed by atoms with van der Waals surface area (Å²) in [5.74, 6) is -1.17. The Kier molecular flexibility index (Phi) is 5.92. The van der Waals surface area contributed by atoms with Gasteiger partial charge in [0.1, 0.15) is 11.6 Å². The highest BCUT2D eigenvalue weighted by Crippen LogP contribution is 2.43. The van der Waals surface area contributed by atoms with E-state index in [-0.39, 0.29) is 23.6 Å². The largest absolute Gasteiger partial charge is 0.573 e.